The van der Waals surface area contributed by atoms with Crippen molar-refractivity contribution in [2.45, 2.75) is 32.4 Å². The van der Waals surface area contributed by atoms with Crippen molar-refractivity contribution in [3.8, 4) is 23.3 Å². The lowest BCUT2D eigenvalue weighted by atomic mass is 10.1. The van der Waals surface area contributed by atoms with Crippen molar-refractivity contribution in [2.75, 3.05) is 12.3 Å². The van der Waals surface area contributed by atoms with E-state index >= 15 is 0 Å². The summed E-state index contributed by atoms with van der Waals surface area (Å²) >= 11 is 10.1. The highest BCUT2D eigenvalue weighted by Gasteiger charge is 2.24. The molecule has 0 spiro atoms. The minimum atomic E-state index is -1.26. The van der Waals surface area contributed by atoms with E-state index in [2.05, 4.69) is 46.7 Å². The third-order valence-corrected chi connectivity index (χ3v) is 9.21. The van der Waals surface area contributed by atoms with E-state index in [-0.39, 0.29) is 23.9 Å². The van der Waals surface area contributed by atoms with Gasteiger partial charge in [-0.1, -0.05) is 53.2 Å². The van der Waals surface area contributed by atoms with Gasteiger partial charge in [0.2, 0.25) is 5.78 Å². The minimum absolute atomic E-state index is 0.162. The second kappa shape index (κ2) is 12.2. The normalized spacial score (nSPS) is 11.5. The number of anilines is 1. The van der Waals surface area contributed by atoms with Crippen molar-refractivity contribution in [3.63, 3.8) is 0 Å². The molecular formula is C31H29BrClN5O3Si. The maximum absolute atomic E-state index is 13.9. The van der Waals surface area contributed by atoms with E-state index in [4.69, 9.17) is 32.1 Å². The largest absolute Gasteiger partial charge is 0.457 e. The highest BCUT2D eigenvalue weighted by molar-refractivity contribution is 9.10. The fraction of sp³-hybridized carbons (Fsp3) is 0.194. The van der Waals surface area contributed by atoms with Crippen LogP contribution in [0.15, 0.2) is 77.4 Å². The molecule has 0 atom stereocenters. The number of rotatable bonds is 10. The smallest absolute Gasteiger partial charge is 0.214 e. The Morgan fingerprint density at radius 3 is 2.62 bits per heavy atom. The molecule has 0 fully saturated rings. The molecule has 0 saturated carbocycles. The number of halogens is 2. The standard InChI is InChI=1S/C31H29BrClN5O3Si/c1-42(2,3)12-11-40-19-37-27-9-7-22(32)14-21(27)15-29(37)30(39)25-18-36-38(31(25)35)28-10-8-24(16-26(28)33)41-23-6-4-5-20(13-23)17-34/h4-10,13-16,18H,11-12,19,35H2,1-3H3. The fourth-order valence-corrected chi connectivity index (χ4v) is 5.84. The Hall–Kier alpha value is -3.88. The molecule has 0 unspecified atom stereocenters. The van der Waals surface area contributed by atoms with Gasteiger partial charge in [0.1, 0.15) is 24.0 Å². The summed E-state index contributed by atoms with van der Waals surface area (Å²) in [6, 6.07) is 22.7. The van der Waals surface area contributed by atoms with Crippen LogP contribution in [0.3, 0.4) is 0 Å². The van der Waals surface area contributed by atoms with Crippen molar-refractivity contribution in [3.05, 3.63) is 99.2 Å². The van der Waals surface area contributed by atoms with Crippen molar-refractivity contribution >= 4 is 58.1 Å². The van der Waals surface area contributed by atoms with E-state index < -0.39 is 8.07 Å². The van der Waals surface area contributed by atoms with Crippen LogP contribution in [0, 0.1) is 11.3 Å². The molecule has 0 radical (unpaired) electrons. The Bertz CT molecular complexity index is 1840. The molecule has 2 heterocycles. The third kappa shape index (κ3) is 6.45. The zero-order valence-corrected chi connectivity index (χ0v) is 26.7. The third-order valence-electron chi connectivity index (χ3n) is 6.71. The molecule has 0 bridgehead atoms. The summed E-state index contributed by atoms with van der Waals surface area (Å²) in [5, 5.41) is 14.8. The van der Waals surface area contributed by atoms with Gasteiger partial charge in [-0.2, -0.15) is 10.4 Å². The summed E-state index contributed by atoms with van der Waals surface area (Å²) in [5.74, 6) is 0.880. The summed E-state index contributed by atoms with van der Waals surface area (Å²) in [4.78, 5) is 13.9. The number of hydrogen-bond acceptors (Lipinski definition) is 6. The van der Waals surface area contributed by atoms with Crippen LogP contribution in [0.1, 0.15) is 21.6 Å². The molecule has 0 aliphatic rings. The Kier molecular flexibility index (Phi) is 8.57. The van der Waals surface area contributed by atoms with Gasteiger partial charge in [-0.3, -0.25) is 4.79 Å². The number of benzene rings is 3. The van der Waals surface area contributed by atoms with Crippen LogP contribution in [0.4, 0.5) is 5.82 Å². The van der Waals surface area contributed by atoms with E-state index in [1.54, 1.807) is 42.5 Å². The van der Waals surface area contributed by atoms with Gasteiger partial charge in [0.25, 0.3) is 0 Å². The zero-order chi connectivity index (χ0) is 30.0. The zero-order valence-electron chi connectivity index (χ0n) is 23.4. The number of nitrogens with two attached hydrogens (primary N) is 1. The van der Waals surface area contributed by atoms with Crippen molar-refractivity contribution < 1.29 is 14.3 Å². The first kappa shape index (κ1) is 29.6. The summed E-state index contributed by atoms with van der Waals surface area (Å²) < 4.78 is 16.1. The number of nitrogen functional groups attached to an aromatic ring is 1. The molecule has 11 heteroatoms. The van der Waals surface area contributed by atoms with E-state index in [0.717, 1.165) is 21.4 Å². The number of fused-ring (bicyclic) bond motifs is 1. The number of carbonyl (C=O) groups excluding carboxylic acids is 1. The first-order valence-corrected chi connectivity index (χ1v) is 18.1. The lowest BCUT2D eigenvalue weighted by molar-refractivity contribution is 0.0842. The van der Waals surface area contributed by atoms with Gasteiger partial charge in [-0.05, 0) is 60.6 Å². The molecule has 3 aromatic carbocycles. The Labute approximate surface area is 258 Å². The molecule has 5 rings (SSSR count). The van der Waals surface area contributed by atoms with Gasteiger partial charge in [0.05, 0.1) is 45.3 Å². The van der Waals surface area contributed by atoms with E-state index in [1.807, 2.05) is 28.8 Å². The number of aromatic nitrogens is 3. The first-order chi connectivity index (χ1) is 20.0. The van der Waals surface area contributed by atoms with Crippen LogP contribution in [0.2, 0.25) is 30.7 Å². The van der Waals surface area contributed by atoms with Crippen LogP contribution in [-0.4, -0.2) is 34.8 Å². The average Bonchev–Trinajstić information content (AvgIpc) is 3.50. The van der Waals surface area contributed by atoms with Crippen molar-refractivity contribution in [1.29, 1.82) is 5.26 Å². The molecule has 0 saturated heterocycles. The van der Waals surface area contributed by atoms with Gasteiger partial charge >= 0.3 is 0 Å². The highest BCUT2D eigenvalue weighted by Crippen LogP contribution is 2.32. The Morgan fingerprint density at radius 1 is 1.10 bits per heavy atom. The topological polar surface area (TPSA) is 108 Å². The van der Waals surface area contributed by atoms with Gasteiger partial charge in [-0.15, -0.1) is 0 Å². The van der Waals surface area contributed by atoms with Crippen LogP contribution in [0.25, 0.3) is 16.6 Å². The fourth-order valence-electron chi connectivity index (χ4n) is 4.45. The van der Waals surface area contributed by atoms with Gasteiger partial charge in [0.15, 0.2) is 0 Å². The monoisotopic (exact) mass is 661 g/mol. The number of nitrogens with zero attached hydrogens (tertiary/aromatic N) is 4. The predicted octanol–water partition coefficient (Wildman–Crippen LogP) is 8.03. The van der Waals surface area contributed by atoms with E-state index in [9.17, 15) is 4.79 Å². The molecule has 0 aliphatic heterocycles. The molecule has 2 N–H and O–H groups in total. The van der Waals surface area contributed by atoms with Gasteiger partial charge in [-0.25, -0.2) is 4.68 Å². The lowest BCUT2D eigenvalue weighted by Gasteiger charge is -2.16. The molecule has 5 aromatic rings. The van der Waals surface area contributed by atoms with Gasteiger partial charge in [0, 0.05) is 30.6 Å². The van der Waals surface area contributed by atoms with Crippen molar-refractivity contribution in [1.82, 2.24) is 14.3 Å². The average molecular weight is 663 g/mol. The van der Waals surface area contributed by atoms with Crippen molar-refractivity contribution in [2.24, 2.45) is 0 Å². The second-order valence-electron chi connectivity index (χ2n) is 11.0. The maximum atomic E-state index is 13.9. The molecule has 8 nitrogen and oxygen atoms in total. The molecule has 214 valence electrons. The number of carbonyl (C=O) groups is 1. The van der Waals surface area contributed by atoms with E-state index in [0.29, 0.717) is 40.1 Å². The molecule has 2 aromatic heterocycles. The highest BCUT2D eigenvalue weighted by atomic mass is 79.9. The number of ether oxygens (including phenoxy) is 2. The van der Waals surface area contributed by atoms with Crippen LogP contribution >= 0.6 is 27.5 Å². The molecule has 42 heavy (non-hydrogen) atoms. The molecule has 0 amide bonds. The number of hydrogen-bond donors (Lipinski definition) is 1. The summed E-state index contributed by atoms with van der Waals surface area (Å²) in [5.41, 5.74) is 9.07. The van der Waals surface area contributed by atoms with E-state index in [1.165, 1.54) is 10.9 Å². The summed E-state index contributed by atoms with van der Waals surface area (Å²) in [6.45, 7) is 7.78. The summed E-state index contributed by atoms with van der Waals surface area (Å²) in [6.07, 6.45) is 1.45. The molecular weight excluding hydrogens is 634 g/mol. The SMILES string of the molecule is C[Si](C)(C)CCOCn1c(C(=O)c2cnn(-c3ccc(Oc4cccc(C#N)c4)cc3Cl)c2N)cc2cc(Br)ccc21. The molecule has 0 aliphatic carbocycles. The Morgan fingerprint density at radius 2 is 1.88 bits per heavy atom. The quantitative estimate of drug-likeness (QED) is 0.0922. The minimum Gasteiger partial charge on any atom is -0.457 e. The Balaban J connectivity index is 1.42. The lowest BCUT2D eigenvalue weighted by Crippen LogP contribution is -2.22. The van der Waals surface area contributed by atoms with Crippen LogP contribution in [-0.2, 0) is 11.5 Å². The summed E-state index contributed by atoms with van der Waals surface area (Å²) in [7, 11) is -1.26. The maximum Gasteiger partial charge on any atom is 0.214 e. The number of nitriles is 1. The predicted molar refractivity (Wildman–Crippen MR) is 171 cm³/mol. The van der Waals surface area contributed by atoms with Gasteiger partial charge < -0.3 is 19.8 Å². The first-order valence-electron chi connectivity index (χ1n) is 13.3. The van der Waals surface area contributed by atoms with Crippen LogP contribution < -0.4 is 10.5 Å². The van der Waals surface area contributed by atoms with Crippen LogP contribution in [0.5, 0.6) is 11.5 Å². The number of ketones is 1. The second-order valence-corrected chi connectivity index (χ2v) is 18.0.